The molecule has 3 fully saturated rings. The Balaban J connectivity index is 1.44. The maximum atomic E-state index is 13.6. The lowest BCUT2D eigenvalue weighted by atomic mass is 9.81. The number of piperidine rings is 1. The van der Waals surface area contributed by atoms with Gasteiger partial charge in [-0.25, -0.2) is 0 Å². The lowest BCUT2D eigenvalue weighted by Crippen LogP contribution is -2.58. The van der Waals surface area contributed by atoms with E-state index < -0.39 is 0 Å². The van der Waals surface area contributed by atoms with E-state index in [1.54, 1.807) is 0 Å². The van der Waals surface area contributed by atoms with Crippen molar-refractivity contribution >= 4 is 11.8 Å². The van der Waals surface area contributed by atoms with Gasteiger partial charge < -0.3 is 16.0 Å². The number of benzene rings is 1. The number of carbonyl (C=O) groups is 2. The van der Waals surface area contributed by atoms with Crippen molar-refractivity contribution in [2.75, 3.05) is 26.2 Å². The maximum Gasteiger partial charge on any atom is 0.242 e. The molecular formula is C30H48N4O2. The van der Waals surface area contributed by atoms with Crippen LogP contribution >= 0.6 is 0 Å². The molecule has 3 unspecified atom stereocenters. The average Bonchev–Trinajstić information content (AvgIpc) is 3.73. The monoisotopic (exact) mass is 496 g/mol. The summed E-state index contributed by atoms with van der Waals surface area (Å²) >= 11 is 0. The molecule has 1 aliphatic heterocycles. The molecule has 6 nitrogen and oxygen atoms in total. The molecule has 0 spiro atoms. The van der Waals surface area contributed by atoms with E-state index in [0.717, 1.165) is 58.2 Å². The summed E-state index contributed by atoms with van der Waals surface area (Å²) in [7, 11) is 0. The van der Waals surface area contributed by atoms with Crippen LogP contribution < -0.4 is 11.1 Å². The minimum atomic E-state index is -0.363. The van der Waals surface area contributed by atoms with Gasteiger partial charge in [0.05, 0.1) is 0 Å². The van der Waals surface area contributed by atoms with Gasteiger partial charge in [0.2, 0.25) is 11.8 Å². The Morgan fingerprint density at radius 2 is 1.78 bits per heavy atom. The third-order valence-electron chi connectivity index (χ3n) is 8.50. The van der Waals surface area contributed by atoms with Gasteiger partial charge in [0.25, 0.3) is 0 Å². The topological polar surface area (TPSA) is 78.7 Å². The van der Waals surface area contributed by atoms with Crippen LogP contribution in [0.15, 0.2) is 24.3 Å². The third kappa shape index (κ3) is 7.32. The molecule has 3 N–H and O–H groups in total. The summed E-state index contributed by atoms with van der Waals surface area (Å²) in [4.78, 5) is 31.2. The maximum absolute atomic E-state index is 13.6. The van der Waals surface area contributed by atoms with Crippen LogP contribution in [0.25, 0.3) is 0 Å². The van der Waals surface area contributed by atoms with E-state index in [0.29, 0.717) is 36.9 Å². The highest BCUT2D eigenvalue weighted by Gasteiger charge is 2.43. The Morgan fingerprint density at radius 3 is 2.44 bits per heavy atom. The molecule has 4 rings (SSSR count). The Labute approximate surface area is 218 Å². The summed E-state index contributed by atoms with van der Waals surface area (Å²) in [6, 6.07) is 8.73. The van der Waals surface area contributed by atoms with E-state index in [1.807, 2.05) is 4.90 Å². The summed E-state index contributed by atoms with van der Waals surface area (Å²) in [6.07, 6.45) is 8.28. The van der Waals surface area contributed by atoms with Crippen molar-refractivity contribution in [2.24, 2.45) is 29.4 Å². The molecular weight excluding hydrogens is 448 g/mol. The molecule has 3 aliphatic rings. The first kappa shape index (κ1) is 27.1. The number of nitrogens with two attached hydrogens (primary N) is 1. The normalized spacial score (nSPS) is 26.9. The van der Waals surface area contributed by atoms with Gasteiger partial charge in [-0.2, -0.15) is 0 Å². The van der Waals surface area contributed by atoms with E-state index in [4.69, 9.17) is 5.73 Å². The number of carbonyl (C=O) groups excluding carboxylic acids is 2. The highest BCUT2D eigenvalue weighted by Crippen LogP contribution is 2.35. The number of hydrogen-bond donors (Lipinski definition) is 2. The van der Waals surface area contributed by atoms with E-state index in [2.05, 4.69) is 55.3 Å². The number of aryl methyl sites for hydroxylation is 1. The predicted molar refractivity (Wildman–Crippen MR) is 145 cm³/mol. The first-order valence-electron chi connectivity index (χ1n) is 14.4. The Bertz CT molecular complexity index is 866. The Morgan fingerprint density at radius 1 is 1.06 bits per heavy atom. The van der Waals surface area contributed by atoms with Crippen LogP contribution in [0.5, 0.6) is 0 Å². The fourth-order valence-electron chi connectivity index (χ4n) is 6.26. The molecule has 2 aliphatic carbocycles. The molecule has 2 amide bonds. The van der Waals surface area contributed by atoms with Crippen LogP contribution in [0.3, 0.4) is 0 Å². The van der Waals surface area contributed by atoms with Crippen molar-refractivity contribution in [2.45, 2.75) is 90.8 Å². The second kappa shape index (κ2) is 12.6. The highest BCUT2D eigenvalue weighted by atomic mass is 16.2. The van der Waals surface area contributed by atoms with E-state index in [1.165, 1.54) is 24.0 Å². The number of nitrogens with one attached hydrogen (secondary N) is 1. The zero-order valence-corrected chi connectivity index (χ0v) is 22.8. The van der Waals surface area contributed by atoms with Gasteiger partial charge in [-0.15, -0.1) is 0 Å². The zero-order valence-electron chi connectivity index (χ0n) is 22.8. The number of hydrogen-bond acceptors (Lipinski definition) is 4. The van der Waals surface area contributed by atoms with Crippen molar-refractivity contribution in [1.82, 2.24) is 15.1 Å². The van der Waals surface area contributed by atoms with Crippen LogP contribution in [0.2, 0.25) is 0 Å². The quantitative estimate of drug-likeness (QED) is 0.511. The number of likely N-dealkylation sites (tertiary alicyclic amines) is 1. The van der Waals surface area contributed by atoms with Crippen LogP contribution in [-0.4, -0.2) is 59.9 Å². The number of nitrogens with zero attached hydrogens (tertiary/aromatic N) is 2. The van der Waals surface area contributed by atoms with Gasteiger partial charge in [-0.1, -0.05) is 50.1 Å². The second-order valence-corrected chi connectivity index (χ2v) is 12.2. The third-order valence-corrected chi connectivity index (χ3v) is 8.50. The van der Waals surface area contributed by atoms with Gasteiger partial charge in [0, 0.05) is 38.1 Å². The molecule has 0 aromatic heterocycles. The molecule has 6 heteroatoms. The molecule has 0 radical (unpaired) electrons. The Hall–Kier alpha value is -1.92. The summed E-state index contributed by atoms with van der Waals surface area (Å²) in [5.41, 5.74) is 8.51. The smallest absolute Gasteiger partial charge is 0.242 e. The lowest BCUT2D eigenvalue weighted by Gasteiger charge is -2.43. The van der Waals surface area contributed by atoms with Crippen LogP contribution in [0.4, 0.5) is 0 Å². The summed E-state index contributed by atoms with van der Waals surface area (Å²) in [6.45, 7) is 10.6. The largest absolute Gasteiger partial charge is 0.354 e. The number of amides is 2. The average molecular weight is 497 g/mol. The second-order valence-electron chi connectivity index (χ2n) is 12.2. The molecule has 1 aromatic carbocycles. The summed E-state index contributed by atoms with van der Waals surface area (Å²) in [5, 5.41) is 3.27. The molecule has 4 atom stereocenters. The summed E-state index contributed by atoms with van der Waals surface area (Å²) in [5.74, 6) is 2.00. The first-order valence-corrected chi connectivity index (χ1v) is 14.4. The minimum absolute atomic E-state index is 0.0448. The molecule has 200 valence electrons. The lowest BCUT2D eigenvalue weighted by molar-refractivity contribution is -0.145. The SMILES string of the molecule is Cc1ccc(CN(CC(C)C)C2CCN(C(=O)C3CC3)[C@@H](C(=O)NCC3CCCC(CN)C3)C2)cc1. The van der Waals surface area contributed by atoms with Gasteiger partial charge in [-0.3, -0.25) is 14.5 Å². The number of rotatable bonds is 10. The fraction of sp³-hybridized carbons (Fsp3) is 0.733. The van der Waals surface area contributed by atoms with Gasteiger partial charge in [0.15, 0.2) is 0 Å². The van der Waals surface area contributed by atoms with E-state index in [9.17, 15) is 9.59 Å². The molecule has 2 saturated carbocycles. The predicted octanol–water partition coefficient (Wildman–Crippen LogP) is 4.10. The summed E-state index contributed by atoms with van der Waals surface area (Å²) < 4.78 is 0. The van der Waals surface area contributed by atoms with Crippen molar-refractivity contribution in [3.63, 3.8) is 0 Å². The van der Waals surface area contributed by atoms with Crippen molar-refractivity contribution in [3.8, 4) is 0 Å². The first-order chi connectivity index (χ1) is 17.3. The highest BCUT2D eigenvalue weighted by molar-refractivity contribution is 5.89. The van der Waals surface area contributed by atoms with Crippen LogP contribution in [0.1, 0.15) is 76.3 Å². The van der Waals surface area contributed by atoms with Crippen LogP contribution in [0, 0.1) is 30.6 Å². The van der Waals surface area contributed by atoms with Crippen molar-refractivity contribution in [3.05, 3.63) is 35.4 Å². The molecule has 36 heavy (non-hydrogen) atoms. The minimum Gasteiger partial charge on any atom is -0.354 e. The van der Waals surface area contributed by atoms with E-state index in [-0.39, 0.29) is 23.8 Å². The van der Waals surface area contributed by atoms with Gasteiger partial charge >= 0.3 is 0 Å². The van der Waals surface area contributed by atoms with Gasteiger partial charge in [0.1, 0.15) is 6.04 Å². The van der Waals surface area contributed by atoms with Gasteiger partial charge in [-0.05, 0) is 81.7 Å². The molecule has 1 aromatic rings. The van der Waals surface area contributed by atoms with Crippen molar-refractivity contribution in [1.29, 1.82) is 0 Å². The Kier molecular flexibility index (Phi) is 9.46. The van der Waals surface area contributed by atoms with Crippen molar-refractivity contribution < 1.29 is 9.59 Å². The zero-order chi connectivity index (χ0) is 25.7. The molecule has 1 heterocycles. The molecule has 1 saturated heterocycles. The fourth-order valence-corrected chi connectivity index (χ4v) is 6.26. The standard InChI is InChI=1S/C30H48N4O2/c1-21(2)19-33(20-23-9-7-22(3)8-10-23)27-13-14-34(30(36)26-11-12-26)28(16-27)29(35)32-18-25-6-4-5-24(15-25)17-31/h7-10,21,24-28H,4-6,11-20,31H2,1-3H3,(H,32,35)/t24?,25?,27?,28-/m1/s1. The molecule has 0 bridgehead atoms. The van der Waals surface area contributed by atoms with Crippen LogP contribution in [-0.2, 0) is 16.1 Å². The van der Waals surface area contributed by atoms with E-state index >= 15 is 0 Å².